The highest BCUT2D eigenvalue weighted by molar-refractivity contribution is 8.00. The fourth-order valence-electron chi connectivity index (χ4n) is 1.88. The molecular formula is C16H12ClF3N2O3S. The third kappa shape index (κ3) is 5.12. The molecule has 1 aromatic carbocycles. The van der Waals surface area contributed by atoms with E-state index in [1.54, 1.807) is 0 Å². The van der Waals surface area contributed by atoms with E-state index in [1.807, 2.05) is 0 Å². The molecule has 0 saturated heterocycles. The van der Waals surface area contributed by atoms with Crippen LogP contribution in [0.1, 0.15) is 22.8 Å². The van der Waals surface area contributed by atoms with Crippen molar-refractivity contribution in [3.05, 3.63) is 52.7 Å². The zero-order valence-corrected chi connectivity index (χ0v) is 14.7. The average molecular weight is 405 g/mol. The second-order valence-electron chi connectivity index (χ2n) is 5.13. The lowest BCUT2D eigenvalue weighted by atomic mass is 10.1. The maximum Gasteiger partial charge on any atom is 0.417 e. The number of carbonyl (C=O) groups is 2. The molecule has 0 spiro atoms. The van der Waals surface area contributed by atoms with E-state index in [1.165, 1.54) is 31.2 Å². The van der Waals surface area contributed by atoms with Crippen LogP contribution in [0.15, 0.2) is 41.6 Å². The SMILES string of the molecule is CC(Sc1cc(C(F)(F)F)c(C(=O)Nc2ccc(Cl)cc2)cn1)C(=O)O. The molecule has 0 aliphatic rings. The summed E-state index contributed by atoms with van der Waals surface area (Å²) in [7, 11) is 0. The van der Waals surface area contributed by atoms with E-state index in [2.05, 4.69) is 10.3 Å². The van der Waals surface area contributed by atoms with Crippen molar-refractivity contribution in [2.45, 2.75) is 23.4 Å². The summed E-state index contributed by atoms with van der Waals surface area (Å²) >= 11 is 6.37. The predicted octanol–water partition coefficient (Wildman–Crippen LogP) is 4.57. The minimum atomic E-state index is -4.81. The highest BCUT2D eigenvalue weighted by atomic mass is 35.5. The molecule has 1 heterocycles. The molecule has 0 radical (unpaired) electrons. The normalized spacial score (nSPS) is 12.5. The maximum absolute atomic E-state index is 13.3. The first kappa shape index (κ1) is 20.1. The van der Waals surface area contributed by atoms with Gasteiger partial charge >= 0.3 is 12.1 Å². The molecular weight excluding hydrogens is 393 g/mol. The van der Waals surface area contributed by atoms with Gasteiger partial charge in [-0.25, -0.2) is 4.98 Å². The number of hydrogen-bond acceptors (Lipinski definition) is 4. The lowest BCUT2D eigenvalue weighted by Crippen LogP contribution is -2.20. The van der Waals surface area contributed by atoms with Crippen LogP contribution in [0.4, 0.5) is 18.9 Å². The van der Waals surface area contributed by atoms with E-state index in [0.717, 1.165) is 6.20 Å². The van der Waals surface area contributed by atoms with Gasteiger partial charge < -0.3 is 10.4 Å². The maximum atomic E-state index is 13.3. The first-order valence-electron chi connectivity index (χ1n) is 7.11. The van der Waals surface area contributed by atoms with Crippen molar-refractivity contribution in [2.24, 2.45) is 0 Å². The van der Waals surface area contributed by atoms with Crippen LogP contribution >= 0.6 is 23.4 Å². The van der Waals surface area contributed by atoms with Crippen molar-refractivity contribution in [2.75, 3.05) is 5.32 Å². The number of carboxylic acids is 1. The van der Waals surface area contributed by atoms with E-state index in [-0.39, 0.29) is 10.7 Å². The molecule has 1 unspecified atom stereocenters. The van der Waals surface area contributed by atoms with Crippen LogP contribution in [0, 0.1) is 0 Å². The molecule has 138 valence electrons. The number of pyridine rings is 1. The molecule has 1 aromatic heterocycles. The zero-order valence-electron chi connectivity index (χ0n) is 13.2. The standard InChI is InChI=1S/C16H12ClF3N2O3S/c1-8(15(24)25)26-13-6-12(16(18,19)20)11(7-21-13)14(23)22-10-4-2-9(17)3-5-10/h2-8H,1H3,(H,22,23)(H,24,25). The highest BCUT2D eigenvalue weighted by Crippen LogP contribution is 2.35. The monoisotopic (exact) mass is 404 g/mol. The van der Waals surface area contributed by atoms with Crippen LogP contribution in [-0.4, -0.2) is 27.2 Å². The second-order valence-corrected chi connectivity index (χ2v) is 6.92. The fraction of sp³-hybridized carbons (Fsp3) is 0.188. The van der Waals surface area contributed by atoms with E-state index in [0.29, 0.717) is 22.9 Å². The first-order valence-corrected chi connectivity index (χ1v) is 8.37. The quantitative estimate of drug-likeness (QED) is 0.713. The Morgan fingerprint density at radius 2 is 1.88 bits per heavy atom. The Bertz CT molecular complexity index is 828. The molecule has 0 saturated carbocycles. The van der Waals surface area contributed by atoms with Crippen molar-refractivity contribution in [1.29, 1.82) is 0 Å². The molecule has 10 heteroatoms. The number of alkyl halides is 3. The fourth-order valence-corrected chi connectivity index (χ4v) is 2.77. The summed E-state index contributed by atoms with van der Waals surface area (Å²) in [4.78, 5) is 26.8. The number of aromatic nitrogens is 1. The number of nitrogens with one attached hydrogen (secondary N) is 1. The number of thioether (sulfide) groups is 1. The van der Waals surface area contributed by atoms with Crippen molar-refractivity contribution in [3.63, 3.8) is 0 Å². The Kier molecular flexibility index (Phi) is 6.14. The van der Waals surface area contributed by atoms with Gasteiger partial charge in [0.1, 0.15) is 5.25 Å². The number of benzene rings is 1. The Morgan fingerprint density at radius 1 is 1.27 bits per heavy atom. The smallest absolute Gasteiger partial charge is 0.417 e. The molecule has 1 atom stereocenters. The van der Waals surface area contributed by atoms with Crippen LogP contribution in [0.2, 0.25) is 5.02 Å². The number of nitrogens with zero attached hydrogens (tertiary/aromatic N) is 1. The minimum absolute atomic E-state index is 0.143. The number of halogens is 4. The van der Waals surface area contributed by atoms with Crippen LogP contribution in [-0.2, 0) is 11.0 Å². The van der Waals surface area contributed by atoms with Gasteiger partial charge in [0.2, 0.25) is 0 Å². The van der Waals surface area contributed by atoms with E-state index in [4.69, 9.17) is 16.7 Å². The van der Waals surface area contributed by atoms with Gasteiger partial charge in [0, 0.05) is 16.9 Å². The third-order valence-electron chi connectivity index (χ3n) is 3.18. The Hall–Kier alpha value is -2.26. The molecule has 1 amide bonds. The van der Waals surface area contributed by atoms with Gasteiger partial charge in [-0.1, -0.05) is 23.4 Å². The Morgan fingerprint density at radius 3 is 2.42 bits per heavy atom. The van der Waals surface area contributed by atoms with Gasteiger partial charge in [-0.3, -0.25) is 9.59 Å². The number of carboxylic acid groups (broad SMARTS) is 1. The Balaban J connectivity index is 2.33. The summed E-state index contributed by atoms with van der Waals surface area (Å²) in [5.74, 6) is -2.18. The van der Waals surface area contributed by atoms with E-state index >= 15 is 0 Å². The lowest BCUT2D eigenvalue weighted by molar-refractivity contribution is -0.138. The summed E-state index contributed by atoms with van der Waals surface area (Å²) in [6.07, 6.45) is -4.03. The van der Waals surface area contributed by atoms with Crippen molar-refractivity contribution in [1.82, 2.24) is 4.98 Å². The number of carbonyl (C=O) groups excluding carboxylic acids is 1. The topological polar surface area (TPSA) is 79.3 Å². The lowest BCUT2D eigenvalue weighted by Gasteiger charge is -2.14. The zero-order chi connectivity index (χ0) is 19.5. The summed E-state index contributed by atoms with van der Waals surface area (Å²) < 4.78 is 40.0. The molecule has 26 heavy (non-hydrogen) atoms. The van der Waals surface area contributed by atoms with E-state index in [9.17, 15) is 22.8 Å². The van der Waals surface area contributed by atoms with Crippen LogP contribution in [0.3, 0.4) is 0 Å². The van der Waals surface area contributed by atoms with Gasteiger partial charge in [-0.15, -0.1) is 0 Å². The number of hydrogen-bond donors (Lipinski definition) is 2. The number of amides is 1. The van der Waals surface area contributed by atoms with Crippen LogP contribution in [0.25, 0.3) is 0 Å². The molecule has 0 bridgehead atoms. The Labute approximate surface area is 155 Å². The molecule has 0 aliphatic carbocycles. The summed E-state index contributed by atoms with van der Waals surface area (Å²) in [5.41, 5.74) is -1.59. The summed E-state index contributed by atoms with van der Waals surface area (Å²) in [5, 5.41) is 10.5. The van der Waals surface area contributed by atoms with Crippen molar-refractivity contribution >= 4 is 40.9 Å². The highest BCUT2D eigenvalue weighted by Gasteiger charge is 2.36. The minimum Gasteiger partial charge on any atom is -0.480 e. The van der Waals surface area contributed by atoms with Crippen molar-refractivity contribution < 1.29 is 27.9 Å². The largest absolute Gasteiger partial charge is 0.480 e. The molecule has 0 aliphatic heterocycles. The average Bonchev–Trinajstić information content (AvgIpc) is 2.56. The second kappa shape index (κ2) is 7.96. The third-order valence-corrected chi connectivity index (χ3v) is 4.45. The van der Waals surface area contributed by atoms with Gasteiger partial charge in [0.15, 0.2) is 0 Å². The van der Waals surface area contributed by atoms with Gasteiger partial charge in [-0.2, -0.15) is 13.2 Å². The van der Waals surface area contributed by atoms with Crippen LogP contribution < -0.4 is 5.32 Å². The number of aliphatic carboxylic acids is 1. The van der Waals surface area contributed by atoms with Crippen molar-refractivity contribution in [3.8, 4) is 0 Å². The first-order chi connectivity index (χ1) is 12.1. The predicted molar refractivity (Wildman–Crippen MR) is 91.6 cm³/mol. The van der Waals surface area contributed by atoms with Gasteiger partial charge in [-0.05, 0) is 37.3 Å². The summed E-state index contributed by atoms with van der Waals surface area (Å²) in [6, 6.07) is 6.51. The molecule has 5 nitrogen and oxygen atoms in total. The molecule has 2 aromatic rings. The van der Waals surface area contributed by atoms with Gasteiger partial charge in [0.05, 0.1) is 16.2 Å². The molecule has 0 fully saturated rings. The van der Waals surface area contributed by atoms with Crippen LogP contribution in [0.5, 0.6) is 0 Å². The van der Waals surface area contributed by atoms with Gasteiger partial charge in [0.25, 0.3) is 5.91 Å². The number of anilines is 1. The van der Waals surface area contributed by atoms with E-state index < -0.39 is 34.4 Å². The molecule has 2 N–H and O–H groups in total. The summed E-state index contributed by atoms with van der Waals surface area (Å²) in [6.45, 7) is 1.32. The molecule has 2 rings (SSSR count). The number of rotatable bonds is 5.